The molecule has 2 aromatic carbocycles. The van der Waals surface area contributed by atoms with E-state index < -0.39 is 18.5 Å². The predicted molar refractivity (Wildman–Crippen MR) is 106 cm³/mol. The van der Waals surface area contributed by atoms with E-state index in [4.69, 9.17) is 31.1 Å². The van der Waals surface area contributed by atoms with Gasteiger partial charge in [0.15, 0.2) is 6.61 Å². The number of nitrogens with one attached hydrogen (secondary N) is 1. The summed E-state index contributed by atoms with van der Waals surface area (Å²) < 4.78 is 16.2. The first kappa shape index (κ1) is 20.6. The monoisotopic (exact) mass is 414 g/mol. The van der Waals surface area contributed by atoms with Crippen LogP contribution in [0.2, 0.25) is 5.02 Å². The molecule has 0 aromatic heterocycles. The van der Waals surface area contributed by atoms with Crippen LogP contribution in [0.15, 0.2) is 42.5 Å². The number of esters is 1. The van der Waals surface area contributed by atoms with Crippen LogP contribution in [-0.2, 0) is 14.3 Å². The number of hydrogen-bond acceptors (Lipinski definition) is 6. The van der Waals surface area contributed by atoms with E-state index in [1.54, 1.807) is 30.3 Å². The second kappa shape index (κ2) is 9.92. The number of rotatable bonds is 7. The zero-order valence-electron chi connectivity index (χ0n) is 15.5. The molecule has 7 nitrogen and oxygen atoms in total. The summed E-state index contributed by atoms with van der Waals surface area (Å²) in [6, 6.07) is 12.9. The van der Waals surface area contributed by atoms with Crippen LogP contribution in [0, 0.1) is 11.3 Å². The average molecular weight is 415 g/mol. The third-order valence-corrected chi connectivity index (χ3v) is 4.50. The highest BCUT2D eigenvalue weighted by molar-refractivity contribution is 6.31. The standard InChI is InChI=1S/C21H19ClN2O5/c22-16-6-3-15(11-23)19(10-16)24-20(25)13-29-21(26)14-4-7-17(8-5-14)28-12-18-2-1-9-27-18/h3-8,10,18H,1-2,9,12-13H2,(H,24,25)/t18-/m1/s1. The van der Waals surface area contributed by atoms with Crippen molar-refractivity contribution < 1.29 is 23.8 Å². The van der Waals surface area contributed by atoms with Crippen molar-refractivity contribution in [3.05, 3.63) is 58.6 Å². The minimum Gasteiger partial charge on any atom is -0.491 e. The molecule has 1 atom stereocenters. The van der Waals surface area contributed by atoms with Crippen molar-refractivity contribution >= 4 is 29.2 Å². The molecule has 1 fully saturated rings. The number of nitriles is 1. The van der Waals surface area contributed by atoms with Crippen LogP contribution in [0.25, 0.3) is 0 Å². The molecule has 29 heavy (non-hydrogen) atoms. The number of carbonyl (C=O) groups is 2. The highest BCUT2D eigenvalue weighted by Crippen LogP contribution is 2.20. The fourth-order valence-corrected chi connectivity index (χ4v) is 2.94. The third kappa shape index (κ3) is 5.95. The Labute approximate surface area is 173 Å². The van der Waals surface area contributed by atoms with Gasteiger partial charge in [-0.15, -0.1) is 0 Å². The summed E-state index contributed by atoms with van der Waals surface area (Å²) in [7, 11) is 0. The molecular weight excluding hydrogens is 396 g/mol. The number of carbonyl (C=O) groups excluding carboxylic acids is 2. The molecule has 0 spiro atoms. The van der Waals surface area contributed by atoms with Gasteiger partial charge in [0.2, 0.25) is 0 Å². The highest BCUT2D eigenvalue weighted by Gasteiger charge is 2.16. The Morgan fingerprint density at radius 2 is 2.03 bits per heavy atom. The van der Waals surface area contributed by atoms with Crippen LogP contribution in [0.3, 0.4) is 0 Å². The predicted octanol–water partition coefficient (Wildman–Crippen LogP) is 3.56. The van der Waals surface area contributed by atoms with Gasteiger partial charge in [0.25, 0.3) is 5.91 Å². The molecule has 150 valence electrons. The van der Waals surface area contributed by atoms with Crippen molar-refractivity contribution in [1.29, 1.82) is 5.26 Å². The molecular formula is C21H19ClN2O5. The maximum atomic E-state index is 12.1. The van der Waals surface area contributed by atoms with Gasteiger partial charge in [-0.1, -0.05) is 11.6 Å². The molecule has 2 aromatic rings. The van der Waals surface area contributed by atoms with Crippen molar-refractivity contribution in [2.24, 2.45) is 0 Å². The van der Waals surface area contributed by atoms with Gasteiger partial charge in [0.1, 0.15) is 18.4 Å². The van der Waals surface area contributed by atoms with Crippen molar-refractivity contribution in [3.8, 4) is 11.8 Å². The number of amides is 1. The smallest absolute Gasteiger partial charge is 0.338 e. The van der Waals surface area contributed by atoms with Gasteiger partial charge < -0.3 is 19.5 Å². The van der Waals surface area contributed by atoms with Crippen LogP contribution in [0.4, 0.5) is 5.69 Å². The fraction of sp³-hybridized carbons (Fsp3) is 0.286. The molecule has 1 N–H and O–H groups in total. The highest BCUT2D eigenvalue weighted by atomic mass is 35.5. The van der Waals surface area contributed by atoms with Gasteiger partial charge in [-0.05, 0) is 55.3 Å². The molecule has 1 aliphatic rings. The largest absolute Gasteiger partial charge is 0.491 e. The molecule has 1 aliphatic heterocycles. The molecule has 1 heterocycles. The van der Waals surface area contributed by atoms with Crippen LogP contribution in [0.5, 0.6) is 5.75 Å². The van der Waals surface area contributed by atoms with Gasteiger partial charge in [-0.25, -0.2) is 4.79 Å². The topological polar surface area (TPSA) is 97.7 Å². The Hall–Kier alpha value is -3.08. The fourth-order valence-electron chi connectivity index (χ4n) is 2.77. The van der Waals surface area contributed by atoms with E-state index in [2.05, 4.69) is 5.32 Å². The maximum Gasteiger partial charge on any atom is 0.338 e. The second-order valence-electron chi connectivity index (χ2n) is 6.40. The lowest BCUT2D eigenvalue weighted by atomic mass is 10.2. The Morgan fingerprint density at radius 1 is 1.24 bits per heavy atom. The first-order valence-electron chi connectivity index (χ1n) is 9.06. The lowest BCUT2D eigenvalue weighted by Crippen LogP contribution is -2.21. The molecule has 3 rings (SSSR count). The Balaban J connectivity index is 1.48. The molecule has 0 unspecified atom stereocenters. The first-order valence-corrected chi connectivity index (χ1v) is 9.44. The van der Waals surface area contributed by atoms with E-state index in [0.717, 1.165) is 19.4 Å². The quantitative estimate of drug-likeness (QED) is 0.695. The van der Waals surface area contributed by atoms with E-state index >= 15 is 0 Å². The zero-order valence-corrected chi connectivity index (χ0v) is 16.3. The van der Waals surface area contributed by atoms with Crippen molar-refractivity contribution in [2.45, 2.75) is 18.9 Å². The zero-order chi connectivity index (χ0) is 20.6. The summed E-state index contributed by atoms with van der Waals surface area (Å²) in [5, 5.41) is 11.9. The average Bonchev–Trinajstić information content (AvgIpc) is 3.25. The summed E-state index contributed by atoms with van der Waals surface area (Å²) in [5.41, 5.74) is 0.809. The first-order chi connectivity index (χ1) is 14.0. The van der Waals surface area contributed by atoms with Gasteiger partial charge in [0, 0.05) is 11.6 Å². The van der Waals surface area contributed by atoms with E-state index in [1.165, 1.54) is 12.1 Å². The second-order valence-corrected chi connectivity index (χ2v) is 6.83. The van der Waals surface area contributed by atoms with E-state index in [0.29, 0.717) is 22.9 Å². The lowest BCUT2D eigenvalue weighted by Gasteiger charge is -2.11. The van der Waals surface area contributed by atoms with E-state index in [9.17, 15) is 9.59 Å². The molecule has 1 amide bonds. The van der Waals surface area contributed by atoms with Crippen LogP contribution < -0.4 is 10.1 Å². The van der Waals surface area contributed by atoms with Crippen LogP contribution in [-0.4, -0.2) is 37.8 Å². The summed E-state index contributed by atoms with van der Waals surface area (Å²) in [6.07, 6.45) is 2.14. The molecule has 0 radical (unpaired) electrons. The number of anilines is 1. The van der Waals surface area contributed by atoms with Crippen LogP contribution >= 0.6 is 11.6 Å². The Morgan fingerprint density at radius 3 is 2.72 bits per heavy atom. The minimum atomic E-state index is -0.641. The van der Waals surface area contributed by atoms with Gasteiger partial charge in [-0.2, -0.15) is 5.26 Å². The Kier molecular flexibility index (Phi) is 7.06. The van der Waals surface area contributed by atoms with E-state index in [1.807, 2.05) is 6.07 Å². The molecule has 0 aliphatic carbocycles. The summed E-state index contributed by atoms with van der Waals surface area (Å²) in [5.74, 6) is -0.592. The number of benzene rings is 2. The lowest BCUT2D eigenvalue weighted by molar-refractivity contribution is -0.119. The third-order valence-electron chi connectivity index (χ3n) is 4.26. The van der Waals surface area contributed by atoms with E-state index in [-0.39, 0.29) is 17.4 Å². The van der Waals surface area contributed by atoms with Crippen molar-refractivity contribution in [2.75, 3.05) is 25.1 Å². The number of hydrogen-bond donors (Lipinski definition) is 1. The maximum absolute atomic E-state index is 12.1. The van der Waals surface area contributed by atoms with Crippen LogP contribution in [0.1, 0.15) is 28.8 Å². The van der Waals surface area contributed by atoms with Gasteiger partial charge in [-0.3, -0.25) is 4.79 Å². The Bertz CT molecular complexity index is 918. The summed E-state index contributed by atoms with van der Waals surface area (Å²) in [4.78, 5) is 24.1. The van der Waals surface area contributed by atoms with Crippen molar-refractivity contribution in [3.63, 3.8) is 0 Å². The minimum absolute atomic E-state index is 0.110. The number of halogens is 1. The number of ether oxygens (including phenoxy) is 3. The summed E-state index contributed by atoms with van der Waals surface area (Å²) in [6.45, 7) is 0.743. The van der Waals surface area contributed by atoms with Gasteiger partial charge in [0.05, 0.1) is 22.9 Å². The summed E-state index contributed by atoms with van der Waals surface area (Å²) >= 11 is 5.87. The number of nitrogens with zero attached hydrogens (tertiary/aromatic N) is 1. The van der Waals surface area contributed by atoms with Crippen molar-refractivity contribution in [1.82, 2.24) is 0 Å². The van der Waals surface area contributed by atoms with Gasteiger partial charge >= 0.3 is 5.97 Å². The molecule has 0 saturated carbocycles. The molecule has 1 saturated heterocycles. The normalized spacial score (nSPS) is 15.4. The SMILES string of the molecule is N#Cc1ccc(Cl)cc1NC(=O)COC(=O)c1ccc(OC[C@H]2CCCO2)cc1. The molecule has 0 bridgehead atoms. The molecule has 8 heteroatoms.